The van der Waals surface area contributed by atoms with Crippen molar-refractivity contribution in [3.05, 3.63) is 64.7 Å². The number of halogens is 1. The molecule has 0 fully saturated rings. The van der Waals surface area contributed by atoms with E-state index in [1.807, 2.05) is 30.3 Å². The molecule has 18 heavy (non-hydrogen) atoms. The van der Waals surface area contributed by atoms with E-state index in [1.54, 1.807) is 18.5 Å². The minimum Gasteiger partial charge on any atom is -0.465 e. The minimum atomic E-state index is -0.791. The Labute approximate surface area is 112 Å². The molecule has 0 aliphatic heterocycles. The zero-order valence-corrected chi connectivity index (χ0v) is 11.0. The van der Waals surface area contributed by atoms with E-state index in [1.165, 1.54) is 0 Å². The number of aliphatic hydroxyl groups is 1. The molecule has 3 nitrogen and oxygen atoms in total. The first kappa shape index (κ1) is 11.4. The molecule has 0 amide bonds. The lowest BCUT2D eigenvalue weighted by Gasteiger charge is -2.09. The Morgan fingerprint density at radius 2 is 2.11 bits per heavy atom. The van der Waals surface area contributed by atoms with E-state index >= 15 is 0 Å². The van der Waals surface area contributed by atoms with Crippen LogP contribution in [0.2, 0.25) is 0 Å². The van der Waals surface area contributed by atoms with E-state index in [0.29, 0.717) is 5.76 Å². The van der Waals surface area contributed by atoms with Gasteiger partial charge in [0, 0.05) is 11.6 Å². The number of nitrogens with zero attached hydrogens (tertiary/aromatic N) is 1. The van der Waals surface area contributed by atoms with Crippen molar-refractivity contribution in [3.63, 3.8) is 0 Å². The second-order valence-electron chi connectivity index (χ2n) is 3.99. The first-order chi connectivity index (χ1) is 8.75. The van der Waals surface area contributed by atoms with Gasteiger partial charge in [0.2, 0.25) is 0 Å². The topological polar surface area (TPSA) is 46.3 Å². The van der Waals surface area contributed by atoms with E-state index < -0.39 is 6.10 Å². The van der Waals surface area contributed by atoms with Crippen LogP contribution in [0.3, 0.4) is 0 Å². The zero-order chi connectivity index (χ0) is 12.5. The van der Waals surface area contributed by atoms with Crippen molar-refractivity contribution < 1.29 is 9.52 Å². The highest BCUT2D eigenvalue weighted by Gasteiger charge is 2.17. The number of furan rings is 1. The van der Waals surface area contributed by atoms with Gasteiger partial charge >= 0.3 is 0 Å². The van der Waals surface area contributed by atoms with Gasteiger partial charge in [0.25, 0.3) is 0 Å². The molecule has 1 N–H and O–H groups in total. The monoisotopic (exact) mass is 303 g/mol. The number of fused-ring (bicyclic) bond motifs is 1. The van der Waals surface area contributed by atoms with Crippen LogP contribution in [0.1, 0.15) is 17.4 Å². The highest BCUT2D eigenvalue weighted by molar-refractivity contribution is 9.10. The molecule has 3 rings (SSSR count). The van der Waals surface area contributed by atoms with Crippen molar-refractivity contribution in [2.75, 3.05) is 0 Å². The fourth-order valence-corrected chi connectivity index (χ4v) is 2.32. The van der Waals surface area contributed by atoms with Gasteiger partial charge < -0.3 is 9.52 Å². The molecule has 4 heteroatoms. The number of pyridine rings is 1. The predicted molar refractivity (Wildman–Crippen MR) is 72.2 cm³/mol. The Morgan fingerprint density at radius 3 is 2.89 bits per heavy atom. The molecule has 0 aliphatic rings. The van der Waals surface area contributed by atoms with E-state index in [2.05, 4.69) is 20.9 Å². The largest absolute Gasteiger partial charge is 0.465 e. The summed E-state index contributed by atoms with van der Waals surface area (Å²) < 4.78 is 6.04. The van der Waals surface area contributed by atoms with Crippen LogP contribution in [-0.2, 0) is 0 Å². The van der Waals surface area contributed by atoms with E-state index in [4.69, 9.17) is 4.42 Å². The maximum absolute atomic E-state index is 10.3. The molecule has 0 spiro atoms. The summed E-state index contributed by atoms with van der Waals surface area (Å²) in [6.45, 7) is 0. The molecular formula is C14H10BrNO2. The van der Waals surface area contributed by atoms with Crippen molar-refractivity contribution in [3.8, 4) is 0 Å². The van der Waals surface area contributed by atoms with E-state index in [9.17, 15) is 5.11 Å². The van der Waals surface area contributed by atoms with Crippen LogP contribution in [-0.4, -0.2) is 10.1 Å². The number of aromatic nitrogens is 1. The summed E-state index contributed by atoms with van der Waals surface area (Å²) >= 11 is 3.34. The lowest BCUT2D eigenvalue weighted by Crippen LogP contribution is -1.99. The third-order valence-corrected chi connectivity index (χ3v) is 3.49. The fourth-order valence-electron chi connectivity index (χ4n) is 1.91. The highest BCUT2D eigenvalue weighted by Crippen LogP contribution is 2.30. The third-order valence-electron chi connectivity index (χ3n) is 2.84. The van der Waals surface area contributed by atoms with Gasteiger partial charge in [0.15, 0.2) is 5.76 Å². The van der Waals surface area contributed by atoms with E-state index in [-0.39, 0.29) is 0 Å². The van der Waals surface area contributed by atoms with Crippen molar-refractivity contribution in [1.82, 2.24) is 4.98 Å². The molecule has 0 saturated heterocycles. The lowest BCUT2D eigenvalue weighted by molar-refractivity contribution is 0.188. The van der Waals surface area contributed by atoms with Crippen LogP contribution in [0.15, 0.2) is 57.7 Å². The normalized spacial score (nSPS) is 12.8. The second-order valence-corrected chi connectivity index (χ2v) is 4.85. The van der Waals surface area contributed by atoms with Crippen molar-refractivity contribution in [2.45, 2.75) is 6.10 Å². The SMILES string of the molecule is OC(c1ccc2cccnc2c1)c1occc1Br. The number of aliphatic hydroxyl groups excluding tert-OH is 1. The summed E-state index contributed by atoms with van der Waals surface area (Å²) in [5.74, 6) is 0.505. The van der Waals surface area contributed by atoms with Gasteiger partial charge in [0.05, 0.1) is 16.3 Å². The summed E-state index contributed by atoms with van der Waals surface area (Å²) in [7, 11) is 0. The van der Waals surface area contributed by atoms with Crippen LogP contribution in [0.25, 0.3) is 10.9 Å². The Hall–Kier alpha value is -1.65. The molecule has 0 bridgehead atoms. The number of hydrogen-bond acceptors (Lipinski definition) is 3. The Bertz CT molecular complexity index is 693. The quantitative estimate of drug-likeness (QED) is 0.785. The molecule has 1 aromatic carbocycles. The van der Waals surface area contributed by atoms with Crippen LogP contribution in [0, 0.1) is 0 Å². The van der Waals surface area contributed by atoms with E-state index in [0.717, 1.165) is 20.9 Å². The first-order valence-corrected chi connectivity index (χ1v) is 6.30. The minimum absolute atomic E-state index is 0.505. The molecule has 2 aromatic heterocycles. The van der Waals surface area contributed by atoms with Gasteiger partial charge in [-0.2, -0.15) is 0 Å². The highest BCUT2D eigenvalue weighted by atomic mass is 79.9. The molecule has 0 saturated carbocycles. The Kier molecular flexibility index (Phi) is 2.89. The fraction of sp³-hybridized carbons (Fsp3) is 0.0714. The first-order valence-electron chi connectivity index (χ1n) is 5.51. The van der Waals surface area contributed by atoms with Gasteiger partial charge in [-0.1, -0.05) is 18.2 Å². The van der Waals surface area contributed by atoms with Crippen LogP contribution < -0.4 is 0 Å². The summed E-state index contributed by atoms with van der Waals surface area (Å²) in [4.78, 5) is 4.27. The van der Waals surface area contributed by atoms with Crippen molar-refractivity contribution in [2.24, 2.45) is 0 Å². The van der Waals surface area contributed by atoms with Crippen LogP contribution in [0.4, 0.5) is 0 Å². The van der Waals surface area contributed by atoms with Gasteiger partial charge in [-0.3, -0.25) is 4.98 Å². The molecule has 1 unspecified atom stereocenters. The summed E-state index contributed by atoms with van der Waals surface area (Å²) in [5, 5.41) is 11.3. The lowest BCUT2D eigenvalue weighted by atomic mass is 10.1. The predicted octanol–water partition coefficient (Wildman–Crippen LogP) is 3.67. The van der Waals surface area contributed by atoms with Crippen molar-refractivity contribution >= 4 is 26.8 Å². The number of hydrogen-bond donors (Lipinski definition) is 1. The van der Waals surface area contributed by atoms with Crippen LogP contribution in [0.5, 0.6) is 0 Å². The molecule has 1 atom stereocenters. The molecule has 2 heterocycles. The average Bonchev–Trinajstić information content (AvgIpc) is 2.83. The zero-order valence-electron chi connectivity index (χ0n) is 9.38. The summed E-state index contributed by atoms with van der Waals surface area (Å²) in [6.07, 6.45) is 2.49. The molecular weight excluding hydrogens is 294 g/mol. The van der Waals surface area contributed by atoms with Gasteiger partial charge in [0.1, 0.15) is 6.10 Å². The van der Waals surface area contributed by atoms with Gasteiger partial charge in [-0.15, -0.1) is 0 Å². The standard InChI is InChI=1S/C14H10BrNO2/c15-11-5-7-18-14(11)13(17)10-4-3-9-2-1-6-16-12(9)8-10/h1-8,13,17H. The molecule has 0 aliphatic carbocycles. The van der Waals surface area contributed by atoms with Gasteiger partial charge in [-0.25, -0.2) is 0 Å². The number of rotatable bonds is 2. The van der Waals surface area contributed by atoms with Gasteiger partial charge in [-0.05, 0) is 39.7 Å². The van der Waals surface area contributed by atoms with Crippen LogP contribution >= 0.6 is 15.9 Å². The number of benzene rings is 1. The second kappa shape index (κ2) is 4.55. The molecule has 90 valence electrons. The Morgan fingerprint density at radius 1 is 1.22 bits per heavy atom. The maximum Gasteiger partial charge on any atom is 0.150 e. The maximum atomic E-state index is 10.3. The van der Waals surface area contributed by atoms with Crippen molar-refractivity contribution in [1.29, 1.82) is 0 Å². The Balaban J connectivity index is 2.07. The molecule has 3 aromatic rings. The third kappa shape index (κ3) is 1.94. The summed E-state index contributed by atoms with van der Waals surface area (Å²) in [5.41, 5.74) is 1.62. The smallest absolute Gasteiger partial charge is 0.150 e. The summed E-state index contributed by atoms with van der Waals surface area (Å²) in [6, 6.07) is 11.3. The average molecular weight is 304 g/mol. The molecule has 0 radical (unpaired) electrons.